The second-order valence-electron chi connectivity index (χ2n) is 9.81. The number of piperazine rings is 1. The first-order valence-electron chi connectivity index (χ1n) is 12.9. The number of sulfonamides is 1. The van der Waals surface area contributed by atoms with E-state index in [1.807, 2.05) is 24.3 Å². The number of urea groups is 1. The summed E-state index contributed by atoms with van der Waals surface area (Å²) in [6.45, 7) is 4.23. The molecule has 2 aliphatic rings. The number of benzene rings is 2. The van der Waals surface area contributed by atoms with E-state index in [0.29, 0.717) is 25.7 Å². The van der Waals surface area contributed by atoms with Crippen LogP contribution in [0.3, 0.4) is 0 Å². The molecule has 1 atom stereocenters. The van der Waals surface area contributed by atoms with Crippen molar-refractivity contribution in [1.29, 1.82) is 0 Å². The van der Waals surface area contributed by atoms with E-state index in [1.165, 1.54) is 42.8 Å². The monoisotopic (exact) mass is 498 g/mol. The summed E-state index contributed by atoms with van der Waals surface area (Å²) >= 11 is 0. The van der Waals surface area contributed by atoms with E-state index >= 15 is 0 Å². The number of hydrogen-bond acceptors (Lipinski definition) is 4. The molecular formula is C27H38N4O3S. The van der Waals surface area contributed by atoms with Crippen LogP contribution >= 0.6 is 0 Å². The molecule has 2 aromatic carbocycles. The van der Waals surface area contributed by atoms with Crippen molar-refractivity contribution in [2.75, 3.05) is 31.5 Å². The molecule has 0 spiro atoms. The van der Waals surface area contributed by atoms with E-state index in [4.69, 9.17) is 0 Å². The molecule has 1 saturated heterocycles. The van der Waals surface area contributed by atoms with Gasteiger partial charge in [0.15, 0.2) is 0 Å². The topological polar surface area (TPSA) is 81.8 Å². The van der Waals surface area contributed by atoms with Gasteiger partial charge in [-0.15, -0.1) is 0 Å². The van der Waals surface area contributed by atoms with Crippen molar-refractivity contribution in [3.63, 3.8) is 0 Å². The minimum absolute atomic E-state index is 0.190. The number of nitrogens with one attached hydrogen (secondary N) is 2. The molecule has 2 amide bonds. The van der Waals surface area contributed by atoms with Crippen molar-refractivity contribution in [2.45, 2.75) is 62.9 Å². The fraction of sp³-hybridized carbons (Fsp3) is 0.519. The van der Waals surface area contributed by atoms with E-state index in [-0.39, 0.29) is 24.0 Å². The van der Waals surface area contributed by atoms with Gasteiger partial charge in [0.25, 0.3) is 0 Å². The number of anilines is 1. The van der Waals surface area contributed by atoms with Crippen LogP contribution in [0.1, 0.15) is 51.0 Å². The fourth-order valence-electron chi connectivity index (χ4n) is 5.15. The van der Waals surface area contributed by atoms with Crippen molar-refractivity contribution in [3.8, 4) is 0 Å². The van der Waals surface area contributed by atoms with E-state index in [0.717, 1.165) is 17.2 Å². The summed E-state index contributed by atoms with van der Waals surface area (Å²) in [4.78, 5) is 14.9. The lowest BCUT2D eigenvalue weighted by molar-refractivity contribution is 0.184. The minimum atomic E-state index is -3.54. The van der Waals surface area contributed by atoms with Gasteiger partial charge in [0.1, 0.15) is 0 Å². The molecule has 0 bridgehead atoms. The highest BCUT2D eigenvalue weighted by Gasteiger charge is 2.30. The summed E-state index contributed by atoms with van der Waals surface area (Å²) in [6.07, 6.45) is 7.99. The third-order valence-electron chi connectivity index (χ3n) is 7.22. The summed E-state index contributed by atoms with van der Waals surface area (Å²) < 4.78 is 27.2. The van der Waals surface area contributed by atoms with Crippen LogP contribution < -0.4 is 10.6 Å². The summed E-state index contributed by atoms with van der Waals surface area (Å²) in [5.74, 6) is 0.825. The Morgan fingerprint density at radius 1 is 0.943 bits per heavy atom. The first-order chi connectivity index (χ1) is 16.9. The lowest BCUT2D eigenvalue weighted by Gasteiger charge is -2.34. The molecule has 8 heteroatoms. The molecule has 2 aromatic rings. The van der Waals surface area contributed by atoms with E-state index in [2.05, 4.69) is 17.6 Å². The standard InChI is InChI=1S/C27H38N4O3S/c1-22(20-23-10-4-2-5-11-23)28-21-24-12-8-9-15-26(24)29-27(32)30-16-18-31(19-17-30)35(33,34)25-13-6-3-7-14-25/h3,6-9,12-15,22-23,28H,2,4-5,10-11,16-21H2,1H3,(H,29,32). The average Bonchev–Trinajstić information content (AvgIpc) is 2.89. The molecule has 190 valence electrons. The number of amides is 2. The molecule has 4 rings (SSSR count). The van der Waals surface area contributed by atoms with E-state index in [1.54, 1.807) is 35.2 Å². The smallest absolute Gasteiger partial charge is 0.321 e. The Morgan fingerprint density at radius 2 is 1.60 bits per heavy atom. The zero-order valence-electron chi connectivity index (χ0n) is 20.7. The zero-order valence-corrected chi connectivity index (χ0v) is 21.5. The van der Waals surface area contributed by atoms with E-state index in [9.17, 15) is 13.2 Å². The highest BCUT2D eigenvalue weighted by Crippen LogP contribution is 2.27. The summed E-state index contributed by atoms with van der Waals surface area (Å²) in [5.41, 5.74) is 1.86. The maximum Gasteiger partial charge on any atom is 0.321 e. The normalized spacial score (nSPS) is 18.8. The van der Waals surface area contributed by atoms with Crippen LogP contribution in [0.4, 0.5) is 10.5 Å². The van der Waals surface area contributed by atoms with Gasteiger partial charge in [-0.2, -0.15) is 4.31 Å². The predicted octanol–water partition coefficient (Wildman–Crippen LogP) is 4.67. The number of hydrogen-bond donors (Lipinski definition) is 2. The molecule has 1 aliphatic heterocycles. The second kappa shape index (κ2) is 12.0. The fourth-order valence-corrected chi connectivity index (χ4v) is 6.60. The van der Waals surface area contributed by atoms with Crippen LogP contribution in [0, 0.1) is 5.92 Å². The van der Waals surface area contributed by atoms with Crippen molar-refractivity contribution in [1.82, 2.24) is 14.5 Å². The Kier molecular flexibility index (Phi) is 8.81. The third-order valence-corrected chi connectivity index (χ3v) is 9.13. The van der Waals surface area contributed by atoms with Gasteiger partial charge in [-0.3, -0.25) is 0 Å². The maximum absolute atomic E-state index is 13.0. The predicted molar refractivity (Wildman–Crippen MR) is 140 cm³/mol. The Morgan fingerprint density at radius 3 is 2.31 bits per heavy atom. The Labute approximate surface area is 209 Å². The minimum Gasteiger partial charge on any atom is -0.322 e. The summed E-state index contributed by atoms with van der Waals surface area (Å²) in [7, 11) is -3.54. The first-order valence-corrected chi connectivity index (χ1v) is 14.3. The van der Waals surface area contributed by atoms with Gasteiger partial charge in [0.2, 0.25) is 10.0 Å². The third kappa shape index (κ3) is 6.84. The molecular weight excluding hydrogens is 460 g/mol. The van der Waals surface area contributed by atoms with Crippen molar-refractivity contribution in [3.05, 3.63) is 60.2 Å². The van der Waals surface area contributed by atoms with Crippen LogP contribution in [-0.4, -0.2) is 55.9 Å². The SMILES string of the molecule is CC(CC1CCCCC1)NCc1ccccc1NC(=O)N1CCN(S(=O)(=O)c2ccccc2)CC1. The van der Waals surface area contributed by atoms with Crippen LogP contribution in [0.2, 0.25) is 0 Å². The molecule has 1 heterocycles. The molecule has 1 aliphatic carbocycles. The van der Waals surface area contributed by atoms with Crippen LogP contribution in [0.5, 0.6) is 0 Å². The largest absolute Gasteiger partial charge is 0.322 e. The molecule has 0 radical (unpaired) electrons. The zero-order chi connectivity index (χ0) is 24.7. The summed E-state index contributed by atoms with van der Waals surface area (Å²) in [5, 5.41) is 6.69. The molecule has 2 N–H and O–H groups in total. The number of carbonyl (C=O) groups excluding carboxylic acids is 1. The average molecular weight is 499 g/mol. The first kappa shape index (κ1) is 25.7. The van der Waals surface area contributed by atoms with Gasteiger partial charge in [-0.1, -0.05) is 68.5 Å². The lowest BCUT2D eigenvalue weighted by atomic mass is 9.85. The van der Waals surface area contributed by atoms with Gasteiger partial charge in [-0.25, -0.2) is 13.2 Å². The van der Waals surface area contributed by atoms with Gasteiger partial charge < -0.3 is 15.5 Å². The Balaban J connectivity index is 1.28. The Bertz CT molecular complexity index is 1060. The molecule has 2 fully saturated rings. The molecule has 7 nitrogen and oxygen atoms in total. The van der Waals surface area contributed by atoms with E-state index < -0.39 is 10.0 Å². The number of para-hydroxylation sites is 1. The Hall–Kier alpha value is -2.42. The molecule has 1 unspecified atom stereocenters. The van der Waals surface area contributed by atoms with Crippen LogP contribution in [-0.2, 0) is 16.6 Å². The number of rotatable bonds is 8. The van der Waals surface area contributed by atoms with Gasteiger partial charge >= 0.3 is 6.03 Å². The van der Waals surface area contributed by atoms with Crippen molar-refractivity contribution in [2.24, 2.45) is 5.92 Å². The van der Waals surface area contributed by atoms with Crippen LogP contribution in [0.25, 0.3) is 0 Å². The number of carbonyl (C=O) groups is 1. The van der Waals surface area contributed by atoms with Crippen molar-refractivity contribution >= 4 is 21.7 Å². The van der Waals surface area contributed by atoms with Crippen LogP contribution in [0.15, 0.2) is 59.5 Å². The highest BCUT2D eigenvalue weighted by atomic mass is 32.2. The van der Waals surface area contributed by atoms with Gasteiger partial charge in [0, 0.05) is 44.5 Å². The van der Waals surface area contributed by atoms with Crippen molar-refractivity contribution < 1.29 is 13.2 Å². The van der Waals surface area contributed by atoms with Gasteiger partial charge in [0.05, 0.1) is 4.90 Å². The number of nitrogens with zero attached hydrogens (tertiary/aromatic N) is 2. The summed E-state index contributed by atoms with van der Waals surface area (Å²) in [6, 6.07) is 16.6. The lowest BCUT2D eigenvalue weighted by Crippen LogP contribution is -2.51. The molecule has 1 saturated carbocycles. The van der Waals surface area contributed by atoms with Gasteiger partial charge in [-0.05, 0) is 43.0 Å². The highest BCUT2D eigenvalue weighted by molar-refractivity contribution is 7.89. The quantitative estimate of drug-likeness (QED) is 0.554. The second-order valence-corrected chi connectivity index (χ2v) is 11.8. The molecule has 0 aromatic heterocycles. The molecule has 35 heavy (non-hydrogen) atoms. The maximum atomic E-state index is 13.0.